The second-order valence-electron chi connectivity index (χ2n) is 5.84. The lowest BCUT2D eigenvalue weighted by molar-refractivity contribution is 0.414. The monoisotopic (exact) mass is 334 g/mol. The second kappa shape index (κ2) is 6.05. The molecule has 0 aliphatic carbocycles. The van der Waals surface area contributed by atoms with Crippen molar-refractivity contribution in [3.63, 3.8) is 0 Å². The first-order chi connectivity index (χ1) is 12.2. The highest BCUT2D eigenvalue weighted by Crippen LogP contribution is 2.28. The van der Waals surface area contributed by atoms with Gasteiger partial charge in [0.15, 0.2) is 0 Å². The zero-order valence-electron chi connectivity index (χ0n) is 14.4. The van der Waals surface area contributed by atoms with Crippen molar-refractivity contribution in [1.29, 1.82) is 0 Å². The fourth-order valence-corrected chi connectivity index (χ4v) is 2.90. The number of hydrogen-bond donors (Lipinski definition) is 0. The normalized spacial score (nSPS) is 11.2. The smallest absolute Gasteiger partial charge is 0.258 e. The van der Waals surface area contributed by atoms with Crippen LogP contribution in [0.25, 0.3) is 33.9 Å². The summed E-state index contributed by atoms with van der Waals surface area (Å²) in [7, 11) is 1.65. The molecular weight excluding hydrogens is 316 g/mol. The minimum absolute atomic E-state index is 0.499. The SMILES string of the molecule is CCn1cnc2ccc(-c3noc(-c4ccc(OC)cc4C)n3)cc21. The zero-order valence-corrected chi connectivity index (χ0v) is 14.4. The van der Waals surface area contributed by atoms with E-state index in [-0.39, 0.29) is 0 Å². The zero-order chi connectivity index (χ0) is 17.4. The van der Waals surface area contributed by atoms with E-state index in [9.17, 15) is 0 Å². The van der Waals surface area contributed by atoms with Crippen molar-refractivity contribution in [2.24, 2.45) is 0 Å². The van der Waals surface area contributed by atoms with Gasteiger partial charge in [0.05, 0.1) is 24.5 Å². The maximum atomic E-state index is 5.49. The molecule has 0 saturated heterocycles. The van der Waals surface area contributed by atoms with E-state index < -0.39 is 0 Å². The van der Waals surface area contributed by atoms with Crippen LogP contribution in [0.3, 0.4) is 0 Å². The second-order valence-corrected chi connectivity index (χ2v) is 5.84. The van der Waals surface area contributed by atoms with Crippen molar-refractivity contribution >= 4 is 11.0 Å². The van der Waals surface area contributed by atoms with E-state index >= 15 is 0 Å². The van der Waals surface area contributed by atoms with Crippen LogP contribution in [0, 0.1) is 6.92 Å². The number of rotatable bonds is 4. The van der Waals surface area contributed by atoms with Crippen LogP contribution in [0.2, 0.25) is 0 Å². The number of aryl methyl sites for hydroxylation is 2. The van der Waals surface area contributed by atoms with Gasteiger partial charge in [-0.1, -0.05) is 5.16 Å². The molecule has 2 heterocycles. The topological polar surface area (TPSA) is 66.0 Å². The Balaban J connectivity index is 1.74. The average molecular weight is 334 g/mol. The summed E-state index contributed by atoms with van der Waals surface area (Å²) >= 11 is 0. The van der Waals surface area contributed by atoms with Gasteiger partial charge in [0.25, 0.3) is 5.89 Å². The first-order valence-corrected chi connectivity index (χ1v) is 8.13. The van der Waals surface area contributed by atoms with Crippen LogP contribution < -0.4 is 4.74 Å². The van der Waals surface area contributed by atoms with Crippen molar-refractivity contribution < 1.29 is 9.26 Å². The predicted molar refractivity (Wildman–Crippen MR) is 95.4 cm³/mol. The quantitative estimate of drug-likeness (QED) is 0.562. The molecule has 25 heavy (non-hydrogen) atoms. The largest absolute Gasteiger partial charge is 0.497 e. The van der Waals surface area contributed by atoms with E-state index in [0.717, 1.165) is 40.0 Å². The number of hydrogen-bond acceptors (Lipinski definition) is 5. The first-order valence-electron chi connectivity index (χ1n) is 8.13. The van der Waals surface area contributed by atoms with Gasteiger partial charge in [-0.25, -0.2) is 4.98 Å². The van der Waals surface area contributed by atoms with Gasteiger partial charge in [-0.3, -0.25) is 0 Å². The summed E-state index contributed by atoms with van der Waals surface area (Å²) in [5.74, 6) is 1.87. The van der Waals surface area contributed by atoms with E-state index in [4.69, 9.17) is 9.26 Å². The lowest BCUT2D eigenvalue weighted by Gasteiger charge is -2.04. The van der Waals surface area contributed by atoms with E-state index in [2.05, 4.69) is 26.6 Å². The third kappa shape index (κ3) is 2.65. The van der Waals surface area contributed by atoms with E-state index in [1.165, 1.54) is 0 Å². The molecular formula is C19H18N4O2. The highest BCUT2D eigenvalue weighted by molar-refractivity contribution is 5.81. The molecule has 6 nitrogen and oxygen atoms in total. The molecule has 6 heteroatoms. The Morgan fingerprint density at radius 1 is 1.16 bits per heavy atom. The molecule has 0 atom stereocenters. The number of benzene rings is 2. The summed E-state index contributed by atoms with van der Waals surface area (Å²) in [5, 5.41) is 4.15. The molecule has 2 aromatic carbocycles. The Hall–Kier alpha value is -3.15. The predicted octanol–water partition coefficient (Wildman–Crippen LogP) is 4.09. The van der Waals surface area contributed by atoms with Crippen molar-refractivity contribution in [2.45, 2.75) is 20.4 Å². The number of fused-ring (bicyclic) bond motifs is 1. The molecule has 0 spiro atoms. The summed E-state index contributed by atoms with van der Waals surface area (Å²) in [5.41, 5.74) is 4.85. The Labute approximate surface area is 145 Å². The van der Waals surface area contributed by atoms with Gasteiger partial charge in [0.2, 0.25) is 5.82 Å². The highest BCUT2D eigenvalue weighted by Gasteiger charge is 2.14. The Bertz CT molecular complexity index is 1050. The molecule has 126 valence electrons. The Kier molecular flexibility index (Phi) is 3.72. The number of nitrogens with zero attached hydrogens (tertiary/aromatic N) is 4. The standard InChI is InChI=1S/C19H18N4O2/c1-4-23-11-20-16-8-5-13(10-17(16)23)18-21-19(25-22-18)15-7-6-14(24-3)9-12(15)2/h5-11H,4H2,1-3H3. The Morgan fingerprint density at radius 2 is 2.04 bits per heavy atom. The molecule has 0 radical (unpaired) electrons. The van der Waals surface area contributed by atoms with Crippen LogP contribution >= 0.6 is 0 Å². The third-order valence-corrected chi connectivity index (χ3v) is 4.31. The maximum Gasteiger partial charge on any atom is 0.258 e. The van der Waals surface area contributed by atoms with Crippen LogP contribution in [0.5, 0.6) is 5.75 Å². The van der Waals surface area contributed by atoms with Crippen molar-refractivity contribution in [1.82, 2.24) is 19.7 Å². The van der Waals surface area contributed by atoms with Crippen molar-refractivity contribution in [3.05, 3.63) is 48.3 Å². The third-order valence-electron chi connectivity index (χ3n) is 4.31. The molecule has 0 amide bonds. The van der Waals surface area contributed by atoms with Gasteiger partial charge < -0.3 is 13.8 Å². The molecule has 4 aromatic rings. The minimum Gasteiger partial charge on any atom is -0.497 e. The molecule has 0 saturated carbocycles. The molecule has 0 aliphatic rings. The van der Waals surface area contributed by atoms with E-state index in [1.54, 1.807) is 7.11 Å². The van der Waals surface area contributed by atoms with Gasteiger partial charge in [-0.05, 0) is 55.8 Å². The number of methoxy groups -OCH3 is 1. The molecule has 0 aliphatic heterocycles. The lowest BCUT2D eigenvalue weighted by atomic mass is 10.1. The number of imidazole rings is 1. The molecule has 0 fully saturated rings. The fourth-order valence-electron chi connectivity index (χ4n) is 2.90. The van der Waals surface area contributed by atoms with Gasteiger partial charge in [0.1, 0.15) is 5.75 Å². The molecule has 2 aromatic heterocycles. The van der Waals surface area contributed by atoms with E-state index in [1.807, 2.05) is 49.6 Å². The van der Waals surface area contributed by atoms with Gasteiger partial charge >= 0.3 is 0 Å². The summed E-state index contributed by atoms with van der Waals surface area (Å²) in [6, 6.07) is 11.8. The number of aromatic nitrogens is 4. The van der Waals surface area contributed by atoms with Crippen molar-refractivity contribution in [3.8, 4) is 28.6 Å². The minimum atomic E-state index is 0.499. The van der Waals surface area contributed by atoms with Crippen LogP contribution in [0.1, 0.15) is 12.5 Å². The molecule has 0 bridgehead atoms. The van der Waals surface area contributed by atoms with Crippen molar-refractivity contribution in [2.75, 3.05) is 7.11 Å². The summed E-state index contributed by atoms with van der Waals surface area (Å²) in [6.07, 6.45) is 1.84. The highest BCUT2D eigenvalue weighted by atomic mass is 16.5. The van der Waals surface area contributed by atoms with Crippen LogP contribution in [-0.4, -0.2) is 26.8 Å². The van der Waals surface area contributed by atoms with Crippen LogP contribution in [-0.2, 0) is 6.54 Å². The number of ether oxygens (including phenoxy) is 1. The first kappa shape index (κ1) is 15.4. The van der Waals surface area contributed by atoms with Gasteiger partial charge in [-0.15, -0.1) is 0 Å². The summed E-state index contributed by atoms with van der Waals surface area (Å²) < 4.78 is 12.8. The van der Waals surface area contributed by atoms with Crippen LogP contribution in [0.4, 0.5) is 0 Å². The average Bonchev–Trinajstić information content (AvgIpc) is 3.27. The molecule has 0 unspecified atom stereocenters. The Morgan fingerprint density at radius 3 is 2.80 bits per heavy atom. The fraction of sp³-hybridized carbons (Fsp3) is 0.211. The lowest BCUT2D eigenvalue weighted by Crippen LogP contribution is -1.91. The summed E-state index contributed by atoms with van der Waals surface area (Å²) in [4.78, 5) is 8.96. The van der Waals surface area contributed by atoms with Gasteiger partial charge in [-0.2, -0.15) is 4.98 Å². The van der Waals surface area contributed by atoms with E-state index in [0.29, 0.717) is 11.7 Å². The molecule has 4 rings (SSSR count). The van der Waals surface area contributed by atoms with Crippen LogP contribution in [0.15, 0.2) is 47.2 Å². The molecule has 0 N–H and O–H groups in total. The summed E-state index contributed by atoms with van der Waals surface area (Å²) in [6.45, 7) is 4.95. The maximum absolute atomic E-state index is 5.49. The van der Waals surface area contributed by atoms with Gasteiger partial charge in [0, 0.05) is 17.7 Å².